The van der Waals surface area contributed by atoms with Crippen LogP contribution in [0.5, 0.6) is 0 Å². The van der Waals surface area contributed by atoms with Gasteiger partial charge in [0.2, 0.25) is 11.8 Å². The second kappa shape index (κ2) is 7.97. The first kappa shape index (κ1) is 17.4. The first-order chi connectivity index (χ1) is 9.79. The van der Waals surface area contributed by atoms with Crippen molar-refractivity contribution in [3.63, 3.8) is 0 Å². The van der Waals surface area contributed by atoms with Gasteiger partial charge in [-0.1, -0.05) is 0 Å². The van der Waals surface area contributed by atoms with E-state index in [-0.39, 0.29) is 23.9 Å². The molecule has 0 aliphatic carbocycles. The van der Waals surface area contributed by atoms with Crippen LogP contribution in [0.4, 0.5) is 4.79 Å². The maximum Gasteiger partial charge on any atom is 0.321 e. The highest BCUT2D eigenvalue weighted by Crippen LogP contribution is 2.13. The molecule has 21 heavy (non-hydrogen) atoms. The predicted octanol–water partition coefficient (Wildman–Crippen LogP) is 0.210. The molecular weight excluding hydrogens is 272 g/mol. The Balaban J connectivity index is 2.49. The van der Waals surface area contributed by atoms with Crippen LogP contribution in [0.25, 0.3) is 0 Å². The van der Waals surface area contributed by atoms with Gasteiger partial charge in [0.25, 0.3) is 0 Å². The fourth-order valence-corrected chi connectivity index (χ4v) is 2.44. The highest BCUT2D eigenvalue weighted by Gasteiger charge is 2.28. The molecule has 0 radical (unpaired) electrons. The maximum absolute atomic E-state index is 12.1. The zero-order valence-electron chi connectivity index (χ0n) is 13.2. The van der Waals surface area contributed by atoms with Gasteiger partial charge in [0, 0.05) is 25.6 Å². The third kappa shape index (κ3) is 6.12. The van der Waals surface area contributed by atoms with Crippen LogP contribution in [0, 0.1) is 0 Å². The topological polar surface area (TPSA) is 90.5 Å². The SMILES string of the molecule is CC(=O)NC1CCCN(C(C)C(=O)NC(=O)NC(C)C)C1. The number of hydrogen-bond acceptors (Lipinski definition) is 4. The van der Waals surface area contributed by atoms with E-state index in [0.717, 1.165) is 19.4 Å². The number of imide groups is 1. The minimum absolute atomic E-state index is 0.0211. The fourth-order valence-electron chi connectivity index (χ4n) is 2.44. The summed E-state index contributed by atoms with van der Waals surface area (Å²) in [6.45, 7) is 8.34. The van der Waals surface area contributed by atoms with Crippen molar-refractivity contribution >= 4 is 17.8 Å². The van der Waals surface area contributed by atoms with Gasteiger partial charge in [0.05, 0.1) is 6.04 Å². The smallest absolute Gasteiger partial charge is 0.321 e. The van der Waals surface area contributed by atoms with Gasteiger partial charge in [-0.25, -0.2) is 4.79 Å². The number of carbonyl (C=O) groups is 3. The van der Waals surface area contributed by atoms with Crippen LogP contribution in [0.2, 0.25) is 0 Å². The number of piperidine rings is 1. The van der Waals surface area contributed by atoms with Crippen LogP contribution in [-0.4, -0.2) is 54.0 Å². The van der Waals surface area contributed by atoms with Gasteiger partial charge in [-0.15, -0.1) is 0 Å². The number of urea groups is 1. The van der Waals surface area contributed by atoms with E-state index in [1.54, 1.807) is 6.92 Å². The molecule has 2 atom stereocenters. The van der Waals surface area contributed by atoms with Crippen LogP contribution in [0.1, 0.15) is 40.5 Å². The quantitative estimate of drug-likeness (QED) is 0.692. The van der Waals surface area contributed by atoms with Gasteiger partial charge in [0.15, 0.2) is 0 Å². The normalized spacial score (nSPS) is 20.7. The van der Waals surface area contributed by atoms with Crippen LogP contribution in [0.15, 0.2) is 0 Å². The van der Waals surface area contributed by atoms with Crippen molar-refractivity contribution in [3.05, 3.63) is 0 Å². The third-order valence-corrected chi connectivity index (χ3v) is 3.44. The van der Waals surface area contributed by atoms with Crippen LogP contribution in [0.3, 0.4) is 0 Å². The molecule has 3 N–H and O–H groups in total. The Labute approximate surface area is 125 Å². The van der Waals surface area contributed by atoms with E-state index >= 15 is 0 Å². The minimum atomic E-state index is -0.475. The Morgan fingerprint density at radius 1 is 1.19 bits per heavy atom. The molecular formula is C14H26N4O3. The first-order valence-electron chi connectivity index (χ1n) is 7.42. The summed E-state index contributed by atoms with van der Waals surface area (Å²) in [6, 6.07) is -0.833. The number of nitrogens with zero attached hydrogens (tertiary/aromatic N) is 1. The van der Waals surface area contributed by atoms with E-state index in [9.17, 15) is 14.4 Å². The van der Waals surface area contributed by atoms with Crippen molar-refractivity contribution in [1.82, 2.24) is 20.9 Å². The van der Waals surface area contributed by atoms with Gasteiger partial charge >= 0.3 is 6.03 Å². The van der Waals surface area contributed by atoms with E-state index < -0.39 is 12.1 Å². The molecule has 1 aliphatic heterocycles. The Morgan fingerprint density at radius 2 is 1.86 bits per heavy atom. The third-order valence-electron chi connectivity index (χ3n) is 3.44. The number of likely N-dealkylation sites (tertiary alicyclic amines) is 1. The average Bonchev–Trinajstić information content (AvgIpc) is 2.36. The lowest BCUT2D eigenvalue weighted by molar-refractivity contribution is -0.125. The summed E-state index contributed by atoms with van der Waals surface area (Å²) < 4.78 is 0. The van der Waals surface area contributed by atoms with E-state index in [1.165, 1.54) is 6.92 Å². The Morgan fingerprint density at radius 3 is 2.43 bits per heavy atom. The Hall–Kier alpha value is -1.63. The second-order valence-corrected chi connectivity index (χ2v) is 5.83. The molecule has 0 aromatic carbocycles. The summed E-state index contributed by atoms with van der Waals surface area (Å²) in [7, 11) is 0. The Kier molecular flexibility index (Phi) is 6.61. The molecule has 4 amide bonds. The number of carbonyl (C=O) groups excluding carboxylic acids is 3. The zero-order chi connectivity index (χ0) is 16.0. The predicted molar refractivity (Wildman–Crippen MR) is 79.7 cm³/mol. The van der Waals surface area contributed by atoms with Crippen LogP contribution in [-0.2, 0) is 9.59 Å². The van der Waals surface area contributed by atoms with Crippen molar-refractivity contribution in [3.8, 4) is 0 Å². The zero-order valence-corrected chi connectivity index (χ0v) is 13.2. The number of hydrogen-bond donors (Lipinski definition) is 3. The maximum atomic E-state index is 12.1. The van der Waals surface area contributed by atoms with Crippen molar-refractivity contribution in [1.29, 1.82) is 0 Å². The molecule has 0 aromatic rings. The van der Waals surface area contributed by atoms with Gasteiger partial charge in [0.1, 0.15) is 0 Å². The standard InChI is InChI=1S/C14H26N4O3/c1-9(2)15-14(21)17-13(20)10(3)18-7-5-6-12(8-18)16-11(4)19/h9-10,12H,5-8H2,1-4H3,(H,16,19)(H2,15,17,20,21). The summed E-state index contributed by atoms with van der Waals surface area (Å²) in [4.78, 5) is 36.7. The number of nitrogens with one attached hydrogen (secondary N) is 3. The molecule has 1 fully saturated rings. The monoisotopic (exact) mass is 298 g/mol. The lowest BCUT2D eigenvalue weighted by Gasteiger charge is -2.36. The highest BCUT2D eigenvalue weighted by atomic mass is 16.2. The summed E-state index contributed by atoms with van der Waals surface area (Å²) in [6.07, 6.45) is 1.83. The van der Waals surface area contributed by atoms with E-state index in [2.05, 4.69) is 16.0 Å². The molecule has 0 spiro atoms. The Bertz CT molecular complexity index is 398. The molecule has 7 heteroatoms. The molecule has 0 aromatic heterocycles. The number of amides is 4. The molecule has 2 unspecified atom stereocenters. The van der Waals surface area contributed by atoms with Gasteiger partial charge in [-0.05, 0) is 40.2 Å². The van der Waals surface area contributed by atoms with E-state index in [1.807, 2.05) is 18.7 Å². The average molecular weight is 298 g/mol. The molecule has 0 saturated carbocycles. The molecule has 1 rings (SSSR count). The van der Waals surface area contributed by atoms with Crippen molar-refractivity contribution < 1.29 is 14.4 Å². The van der Waals surface area contributed by atoms with E-state index in [0.29, 0.717) is 6.54 Å². The summed E-state index contributed by atoms with van der Waals surface area (Å²) in [5.41, 5.74) is 0. The molecule has 1 aliphatic rings. The van der Waals surface area contributed by atoms with Crippen molar-refractivity contribution in [2.24, 2.45) is 0 Å². The largest absolute Gasteiger partial charge is 0.352 e. The van der Waals surface area contributed by atoms with E-state index in [4.69, 9.17) is 0 Å². The lowest BCUT2D eigenvalue weighted by Crippen LogP contribution is -2.55. The molecule has 120 valence electrons. The van der Waals surface area contributed by atoms with Crippen LogP contribution >= 0.6 is 0 Å². The van der Waals surface area contributed by atoms with Crippen LogP contribution < -0.4 is 16.0 Å². The van der Waals surface area contributed by atoms with Gasteiger partial charge < -0.3 is 10.6 Å². The molecule has 7 nitrogen and oxygen atoms in total. The molecule has 1 heterocycles. The first-order valence-corrected chi connectivity index (χ1v) is 7.42. The molecule has 0 bridgehead atoms. The van der Waals surface area contributed by atoms with Crippen molar-refractivity contribution in [2.75, 3.05) is 13.1 Å². The minimum Gasteiger partial charge on any atom is -0.352 e. The molecule has 1 saturated heterocycles. The second-order valence-electron chi connectivity index (χ2n) is 5.83. The van der Waals surface area contributed by atoms with Crippen molar-refractivity contribution in [2.45, 2.75) is 58.7 Å². The summed E-state index contributed by atoms with van der Waals surface area (Å²) >= 11 is 0. The number of rotatable bonds is 4. The van der Waals surface area contributed by atoms with Gasteiger partial charge in [-0.3, -0.25) is 19.8 Å². The fraction of sp³-hybridized carbons (Fsp3) is 0.786. The highest BCUT2D eigenvalue weighted by molar-refractivity contribution is 5.96. The lowest BCUT2D eigenvalue weighted by atomic mass is 10.0. The summed E-state index contributed by atoms with van der Waals surface area (Å²) in [5.74, 6) is -0.383. The van der Waals surface area contributed by atoms with Gasteiger partial charge in [-0.2, -0.15) is 0 Å². The summed E-state index contributed by atoms with van der Waals surface area (Å²) in [5, 5.41) is 7.85.